The largest absolute Gasteiger partial charge is 0.494 e. The van der Waals surface area contributed by atoms with Crippen molar-refractivity contribution in [1.82, 2.24) is 4.98 Å². The van der Waals surface area contributed by atoms with Crippen molar-refractivity contribution < 1.29 is 59.9 Å². The van der Waals surface area contributed by atoms with Crippen LogP contribution >= 0.6 is 23.5 Å². The Labute approximate surface area is 206 Å². The van der Waals surface area contributed by atoms with E-state index in [-0.39, 0.29) is 24.1 Å². The highest BCUT2D eigenvalue weighted by atomic mass is 31.3. The second-order valence-corrected chi connectivity index (χ2v) is 12.5. The summed E-state index contributed by atoms with van der Waals surface area (Å²) >= 11 is 0. The van der Waals surface area contributed by atoms with Crippen molar-refractivity contribution >= 4 is 23.5 Å². The molecule has 1 saturated heterocycles. The maximum atomic E-state index is 12.9. The quantitative estimate of drug-likeness (QED) is 0.204. The van der Waals surface area contributed by atoms with E-state index in [1.165, 1.54) is 6.07 Å². The van der Waals surface area contributed by atoms with Crippen LogP contribution in [0.4, 0.5) is 0 Å². The predicted molar refractivity (Wildman–Crippen MR) is 122 cm³/mol. The predicted octanol–water partition coefficient (Wildman–Crippen LogP) is 1.54. The van der Waals surface area contributed by atoms with Gasteiger partial charge in [0, 0.05) is 40.4 Å². The van der Waals surface area contributed by atoms with Gasteiger partial charge in [-0.3, -0.25) is 32.4 Å². The van der Waals surface area contributed by atoms with Crippen LogP contribution < -0.4 is 11.3 Å². The lowest BCUT2D eigenvalue weighted by atomic mass is 10.0. The summed E-state index contributed by atoms with van der Waals surface area (Å²) in [6.07, 6.45) is -3.39. The molecule has 3 unspecified atom stereocenters. The first-order chi connectivity index (χ1) is 16.9. The number of nitrogens with one attached hydrogen (secondary N) is 1. The molecular formula is C17H27N2O14P3. The Kier molecular flexibility index (Phi) is 11.0. The molecule has 16 nitrogen and oxygen atoms in total. The number of H-pyrrole nitrogens is 1. The zero-order valence-electron chi connectivity index (χ0n) is 19.6. The number of aromatic amines is 1. The van der Waals surface area contributed by atoms with Crippen LogP contribution in [0.15, 0.2) is 10.9 Å². The zero-order valence-corrected chi connectivity index (χ0v) is 22.3. The molecule has 204 valence electrons. The number of hydrogen-bond acceptors (Lipinski definition) is 15. The normalized spacial score (nSPS) is 23.4. The number of phosphoric acid groups is 3. The molecule has 2 heterocycles. The fourth-order valence-corrected chi connectivity index (χ4v) is 7.29. The highest BCUT2D eigenvalue weighted by Crippen LogP contribution is 2.72. The van der Waals surface area contributed by atoms with E-state index in [9.17, 15) is 28.7 Å². The van der Waals surface area contributed by atoms with E-state index in [0.717, 1.165) is 28.4 Å². The summed E-state index contributed by atoms with van der Waals surface area (Å²) in [5.74, 6) is 4.67. The van der Waals surface area contributed by atoms with Gasteiger partial charge in [-0.1, -0.05) is 11.8 Å². The average Bonchev–Trinajstić information content (AvgIpc) is 3.22. The topological polar surface area (TPSA) is 224 Å². The fourth-order valence-electron chi connectivity index (χ4n) is 2.84. The Morgan fingerprint density at radius 3 is 2.22 bits per heavy atom. The van der Waals surface area contributed by atoms with Gasteiger partial charge in [0.2, 0.25) is 5.88 Å². The van der Waals surface area contributed by atoms with Gasteiger partial charge in [-0.2, -0.15) is 8.62 Å². The minimum absolute atomic E-state index is 0.0170. The molecule has 36 heavy (non-hydrogen) atoms. The van der Waals surface area contributed by atoms with Gasteiger partial charge in [0.05, 0.1) is 30.9 Å². The molecule has 0 saturated carbocycles. The molecule has 5 atom stereocenters. The van der Waals surface area contributed by atoms with E-state index < -0.39 is 59.8 Å². The Hall–Kier alpha value is -1.40. The summed E-state index contributed by atoms with van der Waals surface area (Å²) in [5, 5.41) is 20.2. The van der Waals surface area contributed by atoms with Crippen LogP contribution in [0.1, 0.15) is 23.7 Å². The zero-order chi connectivity index (χ0) is 27.1. The van der Waals surface area contributed by atoms with Gasteiger partial charge in [0.15, 0.2) is 0 Å². The van der Waals surface area contributed by atoms with E-state index in [1.54, 1.807) is 0 Å². The van der Waals surface area contributed by atoms with Crippen LogP contribution in [0.2, 0.25) is 0 Å². The SMILES string of the molecule is COP(=O)(OC)OP(=O)(OC)OP(=O)(OC)OC[C@H]1O[C@@H](c2cc(C#CCN)c(O)[nH]c2=O)CC1O. The number of phosphoric ester groups is 2. The number of aromatic hydroxyl groups is 1. The number of nitrogens with two attached hydrogens (primary N) is 1. The molecule has 1 aromatic rings. The van der Waals surface area contributed by atoms with Crippen molar-refractivity contribution in [3.63, 3.8) is 0 Å². The lowest BCUT2D eigenvalue weighted by Crippen LogP contribution is -2.26. The van der Waals surface area contributed by atoms with E-state index in [2.05, 4.69) is 39.2 Å². The van der Waals surface area contributed by atoms with Gasteiger partial charge >= 0.3 is 23.5 Å². The van der Waals surface area contributed by atoms with Crippen LogP contribution in [0, 0.1) is 11.8 Å². The standard InChI is InChI=1S/C17H27N2O14P3/c1-26-34(23,27-2)32-36(25,29-4)33-35(24,28-3)30-10-15-13(20)9-14(31-15)12-8-11(6-5-7-18)16(21)19-17(12)22/h8,13-15,20H,7,9-10,18H2,1-4H3,(H2,19,21,22)/t13?,14-,15-,35?,36?/m1/s1. The summed E-state index contributed by atoms with van der Waals surface area (Å²) in [6.45, 7) is -0.613. The summed E-state index contributed by atoms with van der Waals surface area (Å²) < 4.78 is 76.0. The molecule has 0 radical (unpaired) electrons. The number of ether oxygens (including phenoxy) is 1. The third-order valence-electron chi connectivity index (χ3n) is 4.64. The number of hydrogen-bond donors (Lipinski definition) is 4. The molecular weight excluding hydrogens is 549 g/mol. The monoisotopic (exact) mass is 576 g/mol. The highest BCUT2D eigenvalue weighted by molar-refractivity contribution is 7.67. The Balaban J connectivity index is 2.15. The van der Waals surface area contributed by atoms with Gasteiger partial charge < -0.3 is 20.7 Å². The molecule has 0 spiro atoms. The second kappa shape index (κ2) is 12.9. The van der Waals surface area contributed by atoms with Crippen LogP contribution in [-0.2, 0) is 49.7 Å². The van der Waals surface area contributed by atoms with E-state index in [4.69, 9.17) is 19.3 Å². The van der Waals surface area contributed by atoms with E-state index in [1.807, 2.05) is 0 Å². The average molecular weight is 576 g/mol. The number of pyridine rings is 1. The second-order valence-electron chi connectivity index (χ2n) is 6.82. The first-order valence-corrected chi connectivity index (χ1v) is 14.3. The lowest BCUT2D eigenvalue weighted by molar-refractivity contribution is -0.0235. The number of aromatic nitrogens is 1. The van der Waals surface area contributed by atoms with Gasteiger partial charge in [0.1, 0.15) is 6.10 Å². The van der Waals surface area contributed by atoms with Crippen LogP contribution in [0.5, 0.6) is 5.88 Å². The number of aliphatic hydroxyl groups excluding tert-OH is 1. The molecule has 1 aliphatic heterocycles. The molecule has 0 aliphatic carbocycles. The molecule has 5 N–H and O–H groups in total. The van der Waals surface area contributed by atoms with Gasteiger partial charge in [-0.25, -0.2) is 13.7 Å². The minimum atomic E-state index is -4.88. The molecule has 0 amide bonds. The molecule has 2 rings (SSSR count). The molecule has 19 heteroatoms. The highest BCUT2D eigenvalue weighted by Gasteiger charge is 2.47. The third kappa shape index (κ3) is 7.80. The summed E-state index contributed by atoms with van der Waals surface area (Å²) in [6, 6.07) is 1.29. The maximum absolute atomic E-state index is 12.9. The maximum Gasteiger partial charge on any atom is 0.492 e. The van der Waals surface area contributed by atoms with Gasteiger partial charge in [0.25, 0.3) is 5.56 Å². The number of rotatable bonds is 12. The van der Waals surface area contributed by atoms with Crippen molar-refractivity contribution in [2.24, 2.45) is 5.73 Å². The third-order valence-corrected chi connectivity index (χ3v) is 10.1. The fraction of sp³-hybridized carbons (Fsp3) is 0.588. The van der Waals surface area contributed by atoms with Crippen LogP contribution in [0.25, 0.3) is 0 Å². The Morgan fingerprint density at radius 1 is 1.08 bits per heavy atom. The molecule has 1 fully saturated rings. The summed E-state index contributed by atoms with van der Waals surface area (Å²) in [4.78, 5) is 14.5. The van der Waals surface area contributed by atoms with Gasteiger partial charge in [-0.15, -0.1) is 0 Å². The van der Waals surface area contributed by atoms with Crippen molar-refractivity contribution in [2.45, 2.75) is 24.7 Å². The molecule has 0 aromatic carbocycles. The van der Waals surface area contributed by atoms with Crippen molar-refractivity contribution in [1.29, 1.82) is 0 Å². The summed E-state index contributed by atoms with van der Waals surface area (Å²) in [7, 11) is -10.4. The van der Waals surface area contributed by atoms with E-state index >= 15 is 0 Å². The summed E-state index contributed by atoms with van der Waals surface area (Å²) in [5.41, 5.74) is 4.77. The van der Waals surface area contributed by atoms with Crippen molar-refractivity contribution in [3.05, 3.63) is 27.5 Å². The Bertz CT molecular complexity index is 1170. The minimum Gasteiger partial charge on any atom is -0.494 e. The molecule has 1 aromatic heterocycles. The van der Waals surface area contributed by atoms with Crippen molar-refractivity contribution in [2.75, 3.05) is 41.6 Å². The van der Waals surface area contributed by atoms with Crippen LogP contribution in [-0.4, -0.2) is 69.0 Å². The van der Waals surface area contributed by atoms with E-state index in [0.29, 0.717) is 0 Å². The smallest absolute Gasteiger partial charge is 0.492 e. The molecule has 0 bridgehead atoms. The first kappa shape index (κ1) is 30.8. The van der Waals surface area contributed by atoms with Crippen molar-refractivity contribution in [3.8, 4) is 17.7 Å². The Morgan fingerprint density at radius 2 is 1.67 bits per heavy atom. The lowest BCUT2D eigenvalue weighted by Gasteiger charge is -2.24. The first-order valence-electron chi connectivity index (χ1n) is 9.96. The van der Waals surface area contributed by atoms with Crippen LogP contribution in [0.3, 0.4) is 0 Å². The molecule has 1 aliphatic rings. The van der Waals surface area contributed by atoms with Gasteiger partial charge in [-0.05, 0) is 6.07 Å². The number of aliphatic hydroxyl groups is 1.